The first kappa shape index (κ1) is 16.6. The predicted molar refractivity (Wildman–Crippen MR) is 72.6 cm³/mol. The van der Waals surface area contributed by atoms with Gasteiger partial charge in [0.25, 0.3) is 0 Å². The van der Waals surface area contributed by atoms with Gasteiger partial charge in [-0.05, 0) is 34.1 Å². The highest BCUT2D eigenvalue weighted by Crippen LogP contribution is 2.13. The van der Waals surface area contributed by atoms with Crippen molar-refractivity contribution in [3.63, 3.8) is 0 Å². The molecule has 0 aromatic heterocycles. The lowest BCUT2D eigenvalue weighted by molar-refractivity contribution is -0.137. The first-order valence-corrected chi connectivity index (χ1v) is 6.03. The second-order valence-corrected chi connectivity index (χ2v) is 4.48. The summed E-state index contributed by atoms with van der Waals surface area (Å²) in [6.07, 6.45) is 2.00. The molecule has 2 N–H and O–H groups in total. The molecule has 0 radical (unpaired) electrons. The average molecular weight is 256 g/mol. The number of aliphatic imine (C=N–C) groups is 1. The minimum atomic E-state index is -0.438. The minimum absolute atomic E-state index is 0.222. The van der Waals surface area contributed by atoms with Crippen LogP contribution in [-0.4, -0.2) is 37.5 Å². The van der Waals surface area contributed by atoms with Crippen LogP contribution in [0.5, 0.6) is 0 Å². The number of carbonyl (C=O) groups is 1. The van der Waals surface area contributed by atoms with Crippen molar-refractivity contribution in [1.82, 2.24) is 0 Å². The molecular weight excluding hydrogens is 232 g/mol. The third-order valence-electron chi connectivity index (χ3n) is 2.67. The Kier molecular flexibility index (Phi) is 7.27. The van der Waals surface area contributed by atoms with Gasteiger partial charge in [0, 0.05) is 25.6 Å². The number of hydrogen-bond donors (Lipinski definition) is 1. The molecule has 104 valence electrons. The zero-order valence-corrected chi connectivity index (χ0v) is 11.9. The van der Waals surface area contributed by atoms with Crippen LogP contribution < -0.4 is 5.73 Å². The van der Waals surface area contributed by atoms with E-state index in [9.17, 15) is 4.79 Å². The second kappa shape index (κ2) is 7.87. The molecule has 0 fully saturated rings. The highest BCUT2D eigenvalue weighted by Gasteiger charge is 2.16. The molecule has 0 aliphatic carbocycles. The van der Waals surface area contributed by atoms with E-state index in [1.54, 1.807) is 21.0 Å². The highest BCUT2D eigenvalue weighted by molar-refractivity contribution is 6.18. The lowest BCUT2D eigenvalue weighted by Gasteiger charge is -2.21. The summed E-state index contributed by atoms with van der Waals surface area (Å²) in [5.74, 6) is -0.438. The quantitative estimate of drug-likeness (QED) is 0.427. The Morgan fingerprint density at radius 1 is 1.44 bits per heavy atom. The van der Waals surface area contributed by atoms with Crippen LogP contribution in [0.4, 0.5) is 0 Å². The number of carbonyl (C=O) groups excluding carboxylic acids is 1. The largest absolute Gasteiger partial charge is 0.462 e. The zero-order chi connectivity index (χ0) is 14.2. The van der Waals surface area contributed by atoms with Crippen molar-refractivity contribution in [2.75, 3.05) is 20.3 Å². The molecule has 18 heavy (non-hydrogen) atoms. The van der Waals surface area contributed by atoms with Gasteiger partial charge < -0.3 is 15.2 Å². The van der Waals surface area contributed by atoms with Gasteiger partial charge in [-0.15, -0.1) is 0 Å². The van der Waals surface area contributed by atoms with Crippen LogP contribution in [0.2, 0.25) is 0 Å². The maximum Gasteiger partial charge on any atom is 0.341 e. The van der Waals surface area contributed by atoms with E-state index in [2.05, 4.69) is 4.99 Å². The number of ether oxygens (including phenoxy) is 2. The van der Waals surface area contributed by atoms with Gasteiger partial charge in [-0.1, -0.05) is 0 Å². The van der Waals surface area contributed by atoms with E-state index in [4.69, 9.17) is 15.2 Å². The van der Waals surface area contributed by atoms with Crippen LogP contribution in [0.1, 0.15) is 34.1 Å². The smallest absolute Gasteiger partial charge is 0.341 e. The van der Waals surface area contributed by atoms with Gasteiger partial charge in [0.15, 0.2) is 0 Å². The first-order valence-electron chi connectivity index (χ1n) is 6.03. The summed E-state index contributed by atoms with van der Waals surface area (Å²) >= 11 is 0. The summed E-state index contributed by atoms with van der Waals surface area (Å²) in [7, 11) is 1.67. The van der Waals surface area contributed by atoms with Gasteiger partial charge in [0.2, 0.25) is 0 Å². The maximum absolute atomic E-state index is 11.6. The molecule has 0 aromatic carbocycles. The van der Waals surface area contributed by atoms with E-state index in [-0.39, 0.29) is 5.60 Å². The van der Waals surface area contributed by atoms with Gasteiger partial charge in [0.05, 0.1) is 17.8 Å². The van der Waals surface area contributed by atoms with Crippen LogP contribution in [0.3, 0.4) is 0 Å². The van der Waals surface area contributed by atoms with E-state index in [0.29, 0.717) is 24.4 Å². The molecule has 0 heterocycles. The maximum atomic E-state index is 11.6. The molecule has 0 saturated heterocycles. The highest BCUT2D eigenvalue weighted by atomic mass is 16.5. The summed E-state index contributed by atoms with van der Waals surface area (Å²) < 4.78 is 10.2. The minimum Gasteiger partial charge on any atom is -0.462 e. The van der Waals surface area contributed by atoms with Crippen LogP contribution in [0, 0.1) is 0 Å². The summed E-state index contributed by atoms with van der Waals surface area (Å²) in [5.41, 5.74) is 6.10. The summed E-state index contributed by atoms with van der Waals surface area (Å²) in [4.78, 5) is 15.9. The molecule has 0 rings (SSSR count). The SMILES string of the molecule is CCOC(=O)C(=CN)C(C)=NCCC(C)(C)OC. The fourth-order valence-corrected chi connectivity index (χ4v) is 1.23. The van der Waals surface area contributed by atoms with Gasteiger partial charge >= 0.3 is 5.97 Å². The Bertz CT molecular complexity index is 333. The van der Waals surface area contributed by atoms with Crippen LogP contribution >= 0.6 is 0 Å². The molecule has 0 spiro atoms. The van der Waals surface area contributed by atoms with Crippen LogP contribution in [-0.2, 0) is 14.3 Å². The summed E-state index contributed by atoms with van der Waals surface area (Å²) in [6.45, 7) is 8.37. The van der Waals surface area contributed by atoms with E-state index in [1.807, 2.05) is 13.8 Å². The molecule has 0 bridgehead atoms. The summed E-state index contributed by atoms with van der Waals surface area (Å²) in [6, 6.07) is 0. The van der Waals surface area contributed by atoms with Gasteiger partial charge in [-0.3, -0.25) is 4.99 Å². The molecule has 0 aliphatic heterocycles. The third kappa shape index (κ3) is 5.82. The fourth-order valence-electron chi connectivity index (χ4n) is 1.23. The lowest BCUT2D eigenvalue weighted by atomic mass is 10.1. The van der Waals surface area contributed by atoms with Crippen molar-refractivity contribution in [1.29, 1.82) is 0 Å². The fraction of sp³-hybridized carbons (Fsp3) is 0.692. The molecule has 0 atom stereocenters. The van der Waals surface area contributed by atoms with Crippen molar-refractivity contribution in [2.45, 2.75) is 39.7 Å². The van der Waals surface area contributed by atoms with E-state index in [1.165, 1.54) is 6.20 Å². The number of rotatable bonds is 7. The normalized spacial score (nSPS) is 13.6. The molecule has 0 unspecified atom stereocenters. The molecule has 5 nitrogen and oxygen atoms in total. The Hall–Kier alpha value is -1.36. The molecule has 0 aromatic rings. The molecule has 0 amide bonds. The lowest BCUT2D eigenvalue weighted by Crippen LogP contribution is -2.24. The number of nitrogens with two attached hydrogens (primary N) is 1. The number of methoxy groups -OCH3 is 1. The van der Waals surface area contributed by atoms with Crippen LogP contribution in [0.25, 0.3) is 0 Å². The Morgan fingerprint density at radius 3 is 2.50 bits per heavy atom. The topological polar surface area (TPSA) is 73.9 Å². The van der Waals surface area contributed by atoms with Crippen molar-refractivity contribution < 1.29 is 14.3 Å². The zero-order valence-electron chi connectivity index (χ0n) is 11.9. The standard InChI is InChI=1S/C13H24N2O3/c1-6-18-12(16)11(9-14)10(2)15-8-7-13(3,4)17-5/h9H,6-8,14H2,1-5H3. The Balaban J connectivity index is 4.52. The monoisotopic (exact) mass is 256 g/mol. The van der Waals surface area contributed by atoms with Crippen LogP contribution in [0.15, 0.2) is 16.8 Å². The second-order valence-electron chi connectivity index (χ2n) is 4.48. The third-order valence-corrected chi connectivity index (χ3v) is 2.67. The summed E-state index contributed by atoms with van der Waals surface area (Å²) in [5, 5.41) is 0. The Morgan fingerprint density at radius 2 is 2.06 bits per heavy atom. The van der Waals surface area contributed by atoms with Gasteiger partial charge in [0.1, 0.15) is 0 Å². The van der Waals surface area contributed by atoms with E-state index < -0.39 is 5.97 Å². The van der Waals surface area contributed by atoms with Crippen molar-refractivity contribution in [2.24, 2.45) is 10.7 Å². The number of esters is 1. The molecule has 0 aliphatic rings. The van der Waals surface area contributed by atoms with E-state index in [0.717, 1.165) is 6.42 Å². The molecular formula is C13H24N2O3. The van der Waals surface area contributed by atoms with Crippen molar-refractivity contribution >= 4 is 11.7 Å². The van der Waals surface area contributed by atoms with Gasteiger partial charge in [-0.25, -0.2) is 4.79 Å². The molecule has 5 heteroatoms. The Labute approximate surface area is 109 Å². The predicted octanol–water partition coefficient (Wildman–Crippen LogP) is 1.67. The average Bonchev–Trinajstić information content (AvgIpc) is 2.30. The van der Waals surface area contributed by atoms with Crippen molar-refractivity contribution in [3.8, 4) is 0 Å². The number of hydrogen-bond acceptors (Lipinski definition) is 5. The number of nitrogens with zero attached hydrogens (tertiary/aromatic N) is 1. The first-order chi connectivity index (χ1) is 8.37. The van der Waals surface area contributed by atoms with Crippen molar-refractivity contribution in [3.05, 3.63) is 11.8 Å². The molecule has 0 saturated carbocycles. The van der Waals surface area contributed by atoms with E-state index >= 15 is 0 Å². The van der Waals surface area contributed by atoms with Gasteiger partial charge in [-0.2, -0.15) is 0 Å².